The fraction of sp³-hybridized carbons (Fsp3) is 0. The third kappa shape index (κ3) is 16.6. The molecule has 8 aromatic carbocycles. The number of fused-ring (bicyclic) bond motifs is 4. The Balaban J connectivity index is 0.000000704. The molecule has 0 aliphatic heterocycles. The van der Waals surface area contributed by atoms with Gasteiger partial charge in [0.25, 0.3) is 0 Å². The number of phenols is 2. The van der Waals surface area contributed by atoms with Gasteiger partial charge in [0.1, 0.15) is 72.1 Å². The molecule has 0 bridgehead atoms. The van der Waals surface area contributed by atoms with Gasteiger partial charge in [-0.1, -0.05) is 60.7 Å². The first-order valence-electron chi connectivity index (χ1n) is 18.6. The average Bonchev–Trinajstić information content (AvgIpc) is 3.25. The number of nitrogens with zero attached hydrogens (tertiary/aromatic N) is 4. The van der Waals surface area contributed by atoms with Crippen molar-refractivity contribution in [2.45, 2.75) is 29.4 Å². The number of azo groups is 2. The topological polar surface area (TPSA) is 433 Å². The van der Waals surface area contributed by atoms with Gasteiger partial charge in [-0.05, 0) is 71.4 Å². The SMILES string of the molecule is O=S(=O)([O-])c1ccc2c(N=Nc3ccc(S(=O)(=O)[O-])c4ccccc34)c(O)c(S(=O)(=O)[O-])cc2c1.O=S(=O)([O-])c1ccc2c(N=Nc3ccc(S(=O)(=O)[O-])c4ccccc34)c(O)c(S(=O)(=O)[O-])cc2c1.[Na+].[Na+].[Na+].[Na+].[Na+].[Na+]. The minimum atomic E-state index is -5.27. The van der Waals surface area contributed by atoms with E-state index in [1.54, 1.807) is 0 Å². The molecule has 0 spiro atoms. The summed E-state index contributed by atoms with van der Waals surface area (Å²) in [5.41, 5.74) is -1.02. The van der Waals surface area contributed by atoms with Crippen LogP contribution >= 0.6 is 0 Å². The maximum Gasteiger partial charge on any atom is 1.00 e. The maximum absolute atomic E-state index is 11.7. The minimum absolute atomic E-state index is 0. The Kier molecular flexibility index (Phi) is 26.8. The van der Waals surface area contributed by atoms with Crippen LogP contribution in [0.2, 0.25) is 0 Å². The summed E-state index contributed by atoms with van der Waals surface area (Å²) in [6, 6.07) is 22.9. The second-order valence-corrected chi connectivity index (χ2v) is 22.4. The monoisotopic (exact) mass is 1210 g/mol. The van der Waals surface area contributed by atoms with E-state index in [1.165, 1.54) is 48.5 Å². The Morgan fingerprint density at radius 3 is 0.868 bits per heavy atom. The summed E-state index contributed by atoms with van der Waals surface area (Å²) in [7, 11) is -30.0. The van der Waals surface area contributed by atoms with Crippen LogP contribution < -0.4 is 177 Å². The standard InChI is InChI=1S/2C20H14N2O10S3.6Na/c2*23-20-18(35(30,31)32)10-11-9-12(33(24,25)26)5-6-13(11)19(20)22-21-16-7-8-17(34(27,28)29)15-4-2-1-3-14(15)16;;;;;;/h2*1-10,23H,(H,24,25,26)(H,27,28,29)(H,30,31,32);;;;;;/q;;6*+1/p-6. The smallest absolute Gasteiger partial charge is 0.744 e. The molecular formula is C40H22N4Na6O20S6. The molecule has 0 saturated heterocycles. The summed E-state index contributed by atoms with van der Waals surface area (Å²) in [5, 5.41) is 36.4. The summed E-state index contributed by atoms with van der Waals surface area (Å²) in [5.74, 6) is -2.14. The number of phenolic OH excluding ortho intramolecular Hbond substituents is 2. The molecule has 24 nitrogen and oxygen atoms in total. The van der Waals surface area contributed by atoms with E-state index in [-0.39, 0.29) is 232 Å². The molecule has 0 unspecified atom stereocenters. The summed E-state index contributed by atoms with van der Waals surface area (Å²) in [6.07, 6.45) is 0. The van der Waals surface area contributed by atoms with Crippen LogP contribution in [0.5, 0.6) is 11.5 Å². The van der Waals surface area contributed by atoms with Gasteiger partial charge in [-0.25, -0.2) is 50.5 Å². The molecule has 0 amide bonds. The third-order valence-corrected chi connectivity index (χ3v) is 15.1. The molecule has 0 aliphatic rings. The van der Waals surface area contributed by atoms with Gasteiger partial charge in [-0.15, -0.1) is 20.5 Å². The van der Waals surface area contributed by atoms with Crippen LogP contribution in [-0.4, -0.2) is 88.0 Å². The number of aromatic hydroxyl groups is 2. The van der Waals surface area contributed by atoms with Crippen molar-refractivity contribution in [3.05, 3.63) is 121 Å². The van der Waals surface area contributed by atoms with Crippen molar-refractivity contribution in [1.82, 2.24) is 0 Å². The third-order valence-electron chi connectivity index (χ3n) is 9.94. The zero-order valence-corrected chi connectivity index (χ0v) is 56.9. The fourth-order valence-electron chi connectivity index (χ4n) is 6.88. The molecule has 0 aliphatic carbocycles. The first kappa shape index (κ1) is 73.1. The molecule has 0 atom stereocenters. The predicted octanol–water partition coefficient (Wildman–Crippen LogP) is -12.3. The van der Waals surface area contributed by atoms with E-state index in [9.17, 15) is 88.0 Å². The molecule has 0 heterocycles. The summed E-state index contributed by atoms with van der Waals surface area (Å²) in [6.45, 7) is 0. The van der Waals surface area contributed by atoms with Crippen LogP contribution in [0, 0.1) is 0 Å². The fourth-order valence-corrected chi connectivity index (χ4v) is 10.5. The molecule has 0 saturated carbocycles. The van der Waals surface area contributed by atoms with E-state index < -0.39 is 113 Å². The van der Waals surface area contributed by atoms with Crippen molar-refractivity contribution in [3.8, 4) is 11.5 Å². The van der Waals surface area contributed by atoms with Crippen molar-refractivity contribution in [2.75, 3.05) is 0 Å². The number of benzene rings is 8. The zero-order valence-electron chi connectivity index (χ0n) is 40.0. The molecule has 0 radical (unpaired) electrons. The van der Waals surface area contributed by atoms with Crippen molar-refractivity contribution in [2.24, 2.45) is 20.5 Å². The van der Waals surface area contributed by atoms with E-state index in [1.807, 2.05) is 0 Å². The van der Waals surface area contributed by atoms with Gasteiger partial charge < -0.3 is 37.5 Å². The van der Waals surface area contributed by atoms with E-state index in [0.29, 0.717) is 12.1 Å². The molecule has 0 fully saturated rings. The second-order valence-electron chi connectivity index (χ2n) is 14.3. The van der Waals surface area contributed by atoms with Crippen molar-refractivity contribution in [3.63, 3.8) is 0 Å². The van der Waals surface area contributed by atoms with Crippen molar-refractivity contribution in [1.29, 1.82) is 0 Å². The van der Waals surface area contributed by atoms with Crippen LogP contribution in [0.3, 0.4) is 0 Å². The second kappa shape index (κ2) is 27.9. The van der Waals surface area contributed by atoms with Gasteiger partial charge in [-0.2, -0.15) is 0 Å². The van der Waals surface area contributed by atoms with Crippen molar-refractivity contribution >= 4 is 127 Å². The first-order valence-corrected chi connectivity index (χ1v) is 27.0. The van der Waals surface area contributed by atoms with Gasteiger partial charge in [0, 0.05) is 32.3 Å². The number of hydrogen-bond acceptors (Lipinski definition) is 24. The Bertz CT molecular complexity index is 4070. The Hall–Kier alpha value is -0.940. The van der Waals surface area contributed by atoms with Crippen LogP contribution in [0.1, 0.15) is 0 Å². The molecule has 2 N–H and O–H groups in total. The molecule has 36 heteroatoms. The van der Waals surface area contributed by atoms with E-state index in [2.05, 4.69) is 20.5 Å². The summed E-state index contributed by atoms with van der Waals surface area (Å²) in [4.78, 5) is -4.70. The largest absolute Gasteiger partial charge is 1.00 e. The Labute approximate surface area is 565 Å². The molecule has 8 aromatic rings. The van der Waals surface area contributed by atoms with E-state index in [4.69, 9.17) is 0 Å². The summed E-state index contributed by atoms with van der Waals surface area (Å²) >= 11 is 0. The van der Waals surface area contributed by atoms with Gasteiger partial charge in [0.15, 0.2) is 11.5 Å². The van der Waals surface area contributed by atoms with Crippen LogP contribution in [-0.2, 0) is 60.7 Å². The molecular weight excluding hydrogens is 1190 g/mol. The predicted molar refractivity (Wildman–Crippen MR) is 235 cm³/mol. The Morgan fingerprint density at radius 1 is 0.303 bits per heavy atom. The molecule has 8 rings (SSSR count). The maximum atomic E-state index is 11.7. The van der Waals surface area contributed by atoms with Gasteiger partial charge in [-0.3, -0.25) is 0 Å². The van der Waals surface area contributed by atoms with Gasteiger partial charge in [0.05, 0.1) is 40.7 Å². The number of rotatable bonds is 10. The zero-order chi connectivity index (χ0) is 51.5. The van der Waals surface area contributed by atoms with Crippen LogP contribution in [0.15, 0.2) is 171 Å². The van der Waals surface area contributed by atoms with E-state index in [0.717, 1.165) is 60.7 Å². The average molecular weight is 1210 g/mol. The van der Waals surface area contributed by atoms with Crippen LogP contribution in [0.25, 0.3) is 43.1 Å². The Morgan fingerprint density at radius 2 is 0.592 bits per heavy atom. The molecule has 76 heavy (non-hydrogen) atoms. The van der Waals surface area contributed by atoms with Crippen LogP contribution in [0.4, 0.5) is 22.7 Å². The first-order chi connectivity index (χ1) is 32.4. The van der Waals surface area contributed by atoms with Gasteiger partial charge >= 0.3 is 177 Å². The summed E-state index contributed by atoms with van der Waals surface area (Å²) < 4.78 is 207. The molecule has 364 valence electrons. The number of hydrogen-bond donors (Lipinski definition) is 2. The quantitative estimate of drug-likeness (QED) is 0.0729. The van der Waals surface area contributed by atoms with Crippen molar-refractivity contribution < 1.29 is 265 Å². The van der Waals surface area contributed by atoms with Gasteiger partial charge in [0.2, 0.25) is 0 Å². The molecule has 0 aromatic heterocycles. The normalized spacial score (nSPS) is 12.1. The van der Waals surface area contributed by atoms with E-state index >= 15 is 0 Å². The minimum Gasteiger partial charge on any atom is -0.744 e.